The average Bonchev–Trinajstić information content (AvgIpc) is 3.30. The van der Waals surface area contributed by atoms with Gasteiger partial charge in [0.15, 0.2) is 5.96 Å². The average molecular weight is 574 g/mol. The monoisotopic (exact) mass is 573 g/mol. The number of rotatable bonds is 16. The Hall–Kier alpha value is -4.66. The van der Waals surface area contributed by atoms with Gasteiger partial charge in [-0.2, -0.15) is 0 Å². The summed E-state index contributed by atoms with van der Waals surface area (Å²) in [4.78, 5) is 69.0. The number of nitrogens with two attached hydrogens (primary N) is 4. The van der Waals surface area contributed by atoms with Crippen LogP contribution in [0.25, 0.3) is 10.9 Å². The van der Waals surface area contributed by atoms with Crippen LogP contribution in [0.2, 0.25) is 0 Å². The van der Waals surface area contributed by atoms with Gasteiger partial charge >= 0.3 is 5.97 Å². The van der Waals surface area contributed by atoms with Crippen LogP contribution in [0.15, 0.2) is 35.5 Å². The number of guanidine groups is 1. The molecule has 0 bridgehead atoms. The molecule has 4 unspecified atom stereocenters. The van der Waals surface area contributed by atoms with Crippen molar-refractivity contribution in [2.45, 2.75) is 63.7 Å². The molecule has 15 nitrogen and oxygen atoms in total. The van der Waals surface area contributed by atoms with Crippen LogP contribution in [-0.2, 0) is 30.4 Å². The van der Waals surface area contributed by atoms with Gasteiger partial charge in [-0.15, -0.1) is 0 Å². The zero-order valence-corrected chi connectivity index (χ0v) is 23.1. The quantitative estimate of drug-likeness (QED) is 0.0619. The number of nitrogens with one attached hydrogen (secondary N) is 4. The summed E-state index contributed by atoms with van der Waals surface area (Å²) in [7, 11) is 0. The molecule has 0 radical (unpaired) electrons. The molecule has 13 N–H and O–H groups in total. The number of carboxylic acids is 1. The minimum atomic E-state index is -1.60. The highest BCUT2D eigenvalue weighted by Gasteiger charge is 2.32. The summed E-state index contributed by atoms with van der Waals surface area (Å²) in [5, 5.41) is 17.7. The fourth-order valence-corrected chi connectivity index (χ4v) is 4.13. The molecule has 0 spiro atoms. The third-order valence-electron chi connectivity index (χ3n) is 6.30. The molecule has 0 fully saturated rings. The van der Waals surface area contributed by atoms with Gasteiger partial charge in [0.05, 0.1) is 12.5 Å². The highest BCUT2D eigenvalue weighted by atomic mass is 16.4. The standard InChI is InChI=1S/C26H39N9O6/c1-13(2)21(35-22(37)16(27)10-14-12-32-17-7-4-3-6-15(14)17)24(39)33-18(8-5-9-31-26(29)30)23(38)34-19(25(40)41)11-20(28)36/h3-4,6-7,12-13,16,18-19,21,32H,5,8-11,27H2,1-2H3,(H2,28,36)(H,33,39)(H,34,38)(H,35,37)(H,40,41)(H4,29,30,31). The fraction of sp³-hybridized carbons (Fsp3) is 0.462. The number of hydrogen-bond acceptors (Lipinski definition) is 7. The second-order valence-electron chi connectivity index (χ2n) is 9.98. The lowest BCUT2D eigenvalue weighted by atomic mass is 10.00. The molecule has 0 aliphatic carbocycles. The van der Waals surface area contributed by atoms with E-state index in [9.17, 15) is 29.1 Å². The number of benzene rings is 1. The molecule has 15 heteroatoms. The molecule has 41 heavy (non-hydrogen) atoms. The van der Waals surface area contributed by atoms with Crippen LogP contribution in [0.5, 0.6) is 0 Å². The maximum absolute atomic E-state index is 13.3. The lowest BCUT2D eigenvalue weighted by molar-refractivity contribution is -0.143. The van der Waals surface area contributed by atoms with Crippen molar-refractivity contribution < 1.29 is 29.1 Å². The van der Waals surface area contributed by atoms with Crippen molar-refractivity contribution in [3.05, 3.63) is 36.0 Å². The molecule has 2 rings (SSSR count). The lowest BCUT2D eigenvalue weighted by Gasteiger charge is -2.27. The summed E-state index contributed by atoms with van der Waals surface area (Å²) in [5.74, 6) is -5.07. The first-order valence-corrected chi connectivity index (χ1v) is 13.1. The first kappa shape index (κ1) is 32.6. The number of aromatic nitrogens is 1. The van der Waals surface area contributed by atoms with Crippen LogP contribution < -0.4 is 38.9 Å². The molecule has 4 atom stereocenters. The zero-order valence-electron chi connectivity index (χ0n) is 23.1. The van der Waals surface area contributed by atoms with Crippen LogP contribution >= 0.6 is 0 Å². The maximum atomic E-state index is 13.3. The van der Waals surface area contributed by atoms with Crippen molar-refractivity contribution in [2.75, 3.05) is 6.54 Å². The number of fused-ring (bicyclic) bond motifs is 1. The number of carboxylic acid groups (broad SMARTS) is 1. The topological polar surface area (TPSA) is 274 Å². The third kappa shape index (κ3) is 10.1. The number of carbonyl (C=O) groups is 5. The van der Waals surface area contributed by atoms with Crippen LogP contribution in [0.4, 0.5) is 0 Å². The molecule has 1 aromatic heterocycles. The number of para-hydroxylation sites is 1. The van der Waals surface area contributed by atoms with Crippen molar-refractivity contribution in [2.24, 2.45) is 33.8 Å². The van der Waals surface area contributed by atoms with Gasteiger partial charge in [0.1, 0.15) is 18.1 Å². The van der Waals surface area contributed by atoms with Crippen LogP contribution in [0.3, 0.4) is 0 Å². The summed E-state index contributed by atoms with van der Waals surface area (Å²) in [6.07, 6.45) is 1.62. The van der Waals surface area contributed by atoms with Gasteiger partial charge in [-0.1, -0.05) is 32.0 Å². The number of H-pyrrole nitrogens is 1. The Labute approximate surface area is 236 Å². The van der Waals surface area contributed by atoms with E-state index in [1.165, 1.54) is 0 Å². The Morgan fingerprint density at radius 3 is 2.22 bits per heavy atom. The third-order valence-corrected chi connectivity index (χ3v) is 6.30. The van der Waals surface area contributed by atoms with Crippen molar-refractivity contribution in [1.29, 1.82) is 0 Å². The number of carbonyl (C=O) groups excluding carboxylic acids is 4. The summed E-state index contributed by atoms with van der Waals surface area (Å²) >= 11 is 0. The Morgan fingerprint density at radius 2 is 1.61 bits per heavy atom. The summed E-state index contributed by atoms with van der Waals surface area (Å²) in [6, 6.07) is 2.71. The summed E-state index contributed by atoms with van der Waals surface area (Å²) in [6.45, 7) is 3.55. The number of aliphatic carboxylic acids is 1. The van der Waals surface area contributed by atoms with Gasteiger partial charge < -0.3 is 49.0 Å². The van der Waals surface area contributed by atoms with Crippen LogP contribution in [-0.4, -0.2) is 76.4 Å². The lowest BCUT2D eigenvalue weighted by Crippen LogP contribution is -2.58. The van der Waals surface area contributed by atoms with E-state index in [0.29, 0.717) is 0 Å². The van der Waals surface area contributed by atoms with Crippen molar-refractivity contribution in [1.82, 2.24) is 20.9 Å². The number of primary amides is 1. The van der Waals surface area contributed by atoms with Gasteiger partial charge in [-0.25, -0.2) is 4.79 Å². The minimum Gasteiger partial charge on any atom is -0.480 e. The number of aliphatic imine (C=N–C) groups is 1. The van der Waals surface area contributed by atoms with E-state index >= 15 is 0 Å². The predicted octanol–water partition coefficient (Wildman–Crippen LogP) is -1.84. The second kappa shape index (κ2) is 15.2. The first-order chi connectivity index (χ1) is 19.3. The van der Waals surface area contributed by atoms with E-state index in [-0.39, 0.29) is 31.8 Å². The van der Waals surface area contributed by atoms with E-state index in [2.05, 4.69) is 25.9 Å². The van der Waals surface area contributed by atoms with E-state index in [0.717, 1.165) is 16.5 Å². The molecule has 224 valence electrons. The maximum Gasteiger partial charge on any atom is 0.326 e. The van der Waals surface area contributed by atoms with Crippen molar-refractivity contribution in [3.8, 4) is 0 Å². The molecule has 0 aliphatic rings. The van der Waals surface area contributed by atoms with Gasteiger partial charge in [-0.05, 0) is 36.8 Å². The minimum absolute atomic E-state index is 0.0239. The van der Waals surface area contributed by atoms with E-state index in [1.807, 2.05) is 24.3 Å². The SMILES string of the molecule is CC(C)C(NC(=O)C(N)Cc1c[nH]c2ccccc12)C(=O)NC(CCCN=C(N)N)C(=O)NC(CC(N)=O)C(=O)O. The fourth-order valence-electron chi connectivity index (χ4n) is 4.13. The highest BCUT2D eigenvalue weighted by molar-refractivity contribution is 5.95. The van der Waals surface area contributed by atoms with E-state index in [4.69, 9.17) is 22.9 Å². The molecule has 2 aromatic rings. The van der Waals surface area contributed by atoms with E-state index < -0.39 is 66.1 Å². The molecule has 1 aromatic carbocycles. The largest absolute Gasteiger partial charge is 0.480 e. The first-order valence-electron chi connectivity index (χ1n) is 13.1. The van der Waals surface area contributed by atoms with Gasteiger partial charge in [0, 0.05) is 23.6 Å². The van der Waals surface area contributed by atoms with Crippen LogP contribution in [0, 0.1) is 5.92 Å². The predicted molar refractivity (Wildman–Crippen MR) is 152 cm³/mol. The molecule has 0 aliphatic heterocycles. The zero-order chi connectivity index (χ0) is 30.7. The highest BCUT2D eigenvalue weighted by Crippen LogP contribution is 2.19. The second-order valence-corrected chi connectivity index (χ2v) is 9.98. The number of aromatic amines is 1. The Morgan fingerprint density at radius 1 is 0.951 bits per heavy atom. The summed E-state index contributed by atoms with van der Waals surface area (Å²) < 4.78 is 0. The van der Waals surface area contributed by atoms with Gasteiger partial charge in [-0.3, -0.25) is 24.2 Å². The number of amides is 4. The summed E-state index contributed by atoms with van der Waals surface area (Å²) in [5.41, 5.74) is 23.7. The molecule has 4 amide bonds. The normalized spacial score (nSPS) is 14.0. The molecular weight excluding hydrogens is 534 g/mol. The number of nitrogens with zero attached hydrogens (tertiary/aromatic N) is 1. The smallest absolute Gasteiger partial charge is 0.326 e. The molecule has 1 heterocycles. The molecule has 0 saturated heterocycles. The number of hydrogen-bond donors (Lipinski definition) is 9. The van der Waals surface area contributed by atoms with Crippen molar-refractivity contribution >= 4 is 46.5 Å². The van der Waals surface area contributed by atoms with Gasteiger partial charge in [0.2, 0.25) is 23.6 Å². The Kier molecular flexibility index (Phi) is 12.1. The Balaban J connectivity index is 2.14. The van der Waals surface area contributed by atoms with Gasteiger partial charge in [0.25, 0.3) is 0 Å². The van der Waals surface area contributed by atoms with Crippen molar-refractivity contribution in [3.63, 3.8) is 0 Å². The van der Waals surface area contributed by atoms with E-state index in [1.54, 1.807) is 20.0 Å². The van der Waals surface area contributed by atoms with Crippen LogP contribution in [0.1, 0.15) is 38.7 Å². The Bertz CT molecular complexity index is 1270. The molecular formula is C26H39N9O6. The molecule has 0 saturated carbocycles.